The fraction of sp³-hybridized carbons (Fsp3) is 0.429. The maximum atomic E-state index is 9.62. The van der Waals surface area contributed by atoms with Crippen LogP contribution >= 0.6 is 36.4 Å². The van der Waals surface area contributed by atoms with Gasteiger partial charge in [-0.05, 0) is 74.5 Å². The second-order valence-electron chi connectivity index (χ2n) is 9.71. The van der Waals surface area contributed by atoms with Crippen LogP contribution in [-0.2, 0) is 0 Å². The molecule has 2 aliphatic rings. The first kappa shape index (κ1) is 30.3. The highest BCUT2D eigenvalue weighted by atomic mass is 35.5. The minimum atomic E-state index is 0. The van der Waals surface area contributed by atoms with E-state index in [0.29, 0.717) is 23.6 Å². The molecule has 2 aromatic carbocycles. The zero-order valence-corrected chi connectivity index (χ0v) is 23.9. The minimum absolute atomic E-state index is 0. The lowest BCUT2D eigenvalue weighted by molar-refractivity contribution is 0.0776. The maximum absolute atomic E-state index is 9.62. The Balaban J connectivity index is 0.00000200. The normalized spacial score (nSPS) is 18.3. The molecule has 0 saturated carbocycles. The van der Waals surface area contributed by atoms with E-state index in [2.05, 4.69) is 15.1 Å². The average molecular weight is 581 g/mol. The van der Waals surface area contributed by atoms with Gasteiger partial charge in [-0.2, -0.15) is 4.98 Å². The highest BCUT2D eigenvalue weighted by Crippen LogP contribution is 2.30. The SMILES string of the molecule is COc1cccc(-c2cc(Nc3ccc(Cl)cc3)nc(N3CCC(N4CCCC(CO)C4)CC3)n2)c1.Cl.Cl. The number of rotatable bonds is 7. The molecule has 5 rings (SSSR count). The molecule has 0 aliphatic carbocycles. The Bertz CT molecular complexity index is 1160. The molecule has 2 fully saturated rings. The van der Waals surface area contributed by atoms with Gasteiger partial charge in [-0.3, -0.25) is 4.90 Å². The summed E-state index contributed by atoms with van der Waals surface area (Å²) < 4.78 is 5.44. The predicted molar refractivity (Wildman–Crippen MR) is 160 cm³/mol. The number of anilines is 3. The number of aliphatic hydroxyl groups excluding tert-OH is 1. The monoisotopic (exact) mass is 579 g/mol. The van der Waals surface area contributed by atoms with E-state index in [1.165, 1.54) is 6.42 Å². The van der Waals surface area contributed by atoms with Crippen molar-refractivity contribution in [1.82, 2.24) is 14.9 Å². The van der Waals surface area contributed by atoms with Gasteiger partial charge < -0.3 is 20.1 Å². The second kappa shape index (κ2) is 14.2. The Kier molecular flexibility index (Phi) is 11.3. The summed E-state index contributed by atoms with van der Waals surface area (Å²) in [6, 6.07) is 18.1. The van der Waals surface area contributed by atoms with E-state index >= 15 is 0 Å². The quantitative estimate of drug-likeness (QED) is 0.352. The van der Waals surface area contributed by atoms with Crippen LogP contribution in [0, 0.1) is 5.92 Å². The number of piperidine rings is 2. The fourth-order valence-electron chi connectivity index (χ4n) is 5.26. The molecule has 10 heteroatoms. The lowest BCUT2D eigenvalue weighted by atomic mass is 9.94. The summed E-state index contributed by atoms with van der Waals surface area (Å²) in [5.74, 6) is 2.69. The van der Waals surface area contributed by atoms with Crippen molar-refractivity contribution in [2.45, 2.75) is 31.7 Å². The van der Waals surface area contributed by atoms with Crippen molar-refractivity contribution in [3.05, 3.63) is 59.6 Å². The van der Waals surface area contributed by atoms with E-state index in [1.807, 2.05) is 54.6 Å². The number of likely N-dealkylation sites (tertiary alicyclic amines) is 1. The third kappa shape index (κ3) is 7.42. The van der Waals surface area contributed by atoms with Crippen molar-refractivity contribution in [2.24, 2.45) is 5.92 Å². The summed E-state index contributed by atoms with van der Waals surface area (Å²) in [6.45, 7) is 4.26. The number of nitrogens with one attached hydrogen (secondary N) is 1. The van der Waals surface area contributed by atoms with Crippen LogP contribution in [0.25, 0.3) is 11.3 Å². The van der Waals surface area contributed by atoms with E-state index in [9.17, 15) is 5.11 Å². The zero-order valence-electron chi connectivity index (χ0n) is 21.6. The molecule has 0 bridgehead atoms. The predicted octanol–water partition coefficient (Wildman–Crippen LogP) is 6.07. The molecule has 1 unspecified atom stereocenters. The molecular formula is C28H36Cl3N5O2. The van der Waals surface area contributed by atoms with Crippen molar-refractivity contribution >= 4 is 53.9 Å². The van der Waals surface area contributed by atoms with Gasteiger partial charge in [-0.25, -0.2) is 4.98 Å². The summed E-state index contributed by atoms with van der Waals surface area (Å²) >= 11 is 6.07. The zero-order chi connectivity index (χ0) is 24.9. The number of methoxy groups -OCH3 is 1. The van der Waals surface area contributed by atoms with Crippen molar-refractivity contribution in [1.29, 1.82) is 0 Å². The first-order valence-electron chi connectivity index (χ1n) is 12.8. The first-order valence-corrected chi connectivity index (χ1v) is 13.1. The van der Waals surface area contributed by atoms with E-state index in [0.717, 1.165) is 79.9 Å². The summed E-state index contributed by atoms with van der Waals surface area (Å²) in [4.78, 5) is 14.7. The largest absolute Gasteiger partial charge is 0.497 e. The van der Waals surface area contributed by atoms with Crippen LogP contribution in [0.5, 0.6) is 5.75 Å². The molecule has 0 amide bonds. The van der Waals surface area contributed by atoms with Crippen molar-refractivity contribution in [3.63, 3.8) is 0 Å². The molecule has 38 heavy (non-hydrogen) atoms. The number of aromatic nitrogens is 2. The third-order valence-electron chi connectivity index (χ3n) is 7.27. The third-order valence-corrected chi connectivity index (χ3v) is 7.52. The molecule has 206 valence electrons. The summed E-state index contributed by atoms with van der Waals surface area (Å²) in [7, 11) is 1.67. The molecule has 0 spiro atoms. The van der Waals surface area contributed by atoms with E-state index in [4.69, 9.17) is 26.3 Å². The van der Waals surface area contributed by atoms with Crippen LogP contribution in [0.2, 0.25) is 5.02 Å². The van der Waals surface area contributed by atoms with Gasteiger partial charge in [0.2, 0.25) is 5.95 Å². The average Bonchev–Trinajstić information content (AvgIpc) is 2.94. The Morgan fingerprint density at radius 3 is 2.47 bits per heavy atom. The minimum Gasteiger partial charge on any atom is -0.497 e. The number of hydrogen-bond acceptors (Lipinski definition) is 7. The molecule has 2 aliphatic heterocycles. The lowest BCUT2D eigenvalue weighted by Crippen LogP contribution is -2.49. The second-order valence-corrected chi connectivity index (χ2v) is 10.1. The Hall–Kier alpha value is -2.29. The number of ether oxygens (including phenoxy) is 1. The smallest absolute Gasteiger partial charge is 0.227 e. The van der Waals surface area contributed by atoms with Gasteiger partial charge in [-0.15, -0.1) is 24.8 Å². The van der Waals surface area contributed by atoms with E-state index in [-0.39, 0.29) is 24.8 Å². The van der Waals surface area contributed by atoms with Gasteiger partial charge in [0.15, 0.2) is 0 Å². The van der Waals surface area contributed by atoms with E-state index in [1.54, 1.807) is 7.11 Å². The number of halogens is 3. The Labute approximate surface area is 242 Å². The number of aliphatic hydroxyl groups is 1. The van der Waals surface area contributed by atoms with Gasteiger partial charge in [0, 0.05) is 54.6 Å². The molecular weight excluding hydrogens is 545 g/mol. The number of nitrogens with zero attached hydrogens (tertiary/aromatic N) is 4. The molecule has 0 radical (unpaired) electrons. The number of benzene rings is 2. The van der Waals surface area contributed by atoms with Gasteiger partial charge in [0.05, 0.1) is 12.8 Å². The van der Waals surface area contributed by atoms with Crippen molar-refractivity contribution < 1.29 is 9.84 Å². The summed E-state index contributed by atoms with van der Waals surface area (Å²) in [6.07, 6.45) is 4.46. The molecule has 2 N–H and O–H groups in total. The van der Waals surface area contributed by atoms with Crippen LogP contribution in [0.1, 0.15) is 25.7 Å². The van der Waals surface area contributed by atoms with Gasteiger partial charge in [0.1, 0.15) is 11.6 Å². The topological polar surface area (TPSA) is 73.8 Å². The van der Waals surface area contributed by atoms with Gasteiger partial charge in [-0.1, -0.05) is 23.7 Å². The van der Waals surface area contributed by atoms with Gasteiger partial charge >= 0.3 is 0 Å². The van der Waals surface area contributed by atoms with Gasteiger partial charge in [0.25, 0.3) is 0 Å². The maximum Gasteiger partial charge on any atom is 0.227 e. The van der Waals surface area contributed by atoms with Crippen LogP contribution < -0.4 is 15.0 Å². The standard InChI is InChI=1S/C28H34ClN5O2.2ClH/c1-36-25-6-2-5-21(16-25)26-17-27(30-23-9-7-22(29)8-10-23)32-28(31-26)33-14-11-24(12-15-33)34-13-3-4-20(18-34)19-35;;/h2,5-10,16-17,20,24,35H,3-4,11-15,18-19H2,1H3,(H,30,31,32);2*1H. The van der Waals surface area contributed by atoms with Crippen LogP contribution in [0.3, 0.4) is 0 Å². The molecule has 2 saturated heterocycles. The first-order chi connectivity index (χ1) is 17.6. The lowest BCUT2D eigenvalue weighted by Gasteiger charge is -2.42. The van der Waals surface area contributed by atoms with Crippen LogP contribution in [0.15, 0.2) is 54.6 Å². The Morgan fingerprint density at radius 2 is 1.76 bits per heavy atom. The molecule has 1 aromatic heterocycles. The van der Waals surface area contributed by atoms with Crippen molar-refractivity contribution in [2.75, 3.05) is 50.1 Å². The number of hydrogen-bond donors (Lipinski definition) is 2. The molecule has 7 nitrogen and oxygen atoms in total. The Morgan fingerprint density at radius 1 is 1.00 bits per heavy atom. The molecule has 3 heterocycles. The van der Waals surface area contributed by atoms with Crippen LogP contribution in [-0.4, -0.2) is 65.9 Å². The summed E-state index contributed by atoms with van der Waals surface area (Å²) in [5, 5.41) is 13.7. The molecule has 3 aromatic rings. The van der Waals surface area contributed by atoms with Crippen molar-refractivity contribution in [3.8, 4) is 17.0 Å². The van der Waals surface area contributed by atoms with E-state index < -0.39 is 0 Å². The highest BCUT2D eigenvalue weighted by molar-refractivity contribution is 6.30. The molecule has 1 atom stereocenters. The fourth-order valence-corrected chi connectivity index (χ4v) is 5.39. The van der Waals surface area contributed by atoms with Crippen LogP contribution in [0.4, 0.5) is 17.5 Å². The summed E-state index contributed by atoms with van der Waals surface area (Å²) in [5.41, 5.74) is 2.75. The highest BCUT2D eigenvalue weighted by Gasteiger charge is 2.29.